The Morgan fingerprint density at radius 1 is 1.20 bits per heavy atom. The first-order valence-corrected chi connectivity index (χ1v) is 8.15. The third kappa shape index (κ3) is 4.49. The predicted octanol–water partition coefficient (Wildman–Crippen LogP) is 4.55. The first-order valence-electron chi connectivity index (χ1n) is 7.39. The van der Waals surface area contributed by atoms with Gasteiger partial charge >= 0.3 is 0 Å². The molecule has 2 aromatic heterocycles. The SMILES string of the molecule is Cc1nc(NCc2ccco2)cc(C(=O)Nc2cc(Cl)ccc2Cl)n1. The monoisotopic (exact) mass is 376 g/mol. The van der Waals surface area contributed by atoms with Crippen molar-refractivity contribution in [2.24, 2.45) is 0 Å². The Kier molecular flexibility index (Phi) is 5.21. The fourth-order valence-corrected chi connectivity index (χ4v) is 2.48. The van der Waals surface area contributed by atoms with Crippen molar-refractivity contribution >= 4 is 40.6 Å². The maximum Gasteiger partial charge on any atom is 0.274 e. The summed E-state index contributed by atoms with van der Waals surface area (Å²) in [5, 5.41) is 6.66. The van der Waals surface area contributed by atoms with E-state index in [0.29, 0.717) is 33.9 Å². The Morgan fingerprint density at radius 2 is 2.04 bits per heavy atom. The molecule has 0 spiro atoms. The smallest absolute Gasteiger partial charge is 0.274 e. The molecule has 2 N–H and O–H groups in total. The molecular weight excluding hydrogens is 363 g/mol. The van der Waals surface area contributed by atoms with Gasteiger partial charge in [0.05, 0.1) is 23.5 Å². The Bertz CT molecular complexity index is 898. The zero-order chi connectivity index (χ0) is 17.8. The molecule has 0 aliphatic heterocycles. The third-order valence-corrected chi connectivity index (χ3v) is 3.84. The molecule has 2 heterocycles. The number of benzene rings is 1. The van der Waals surface area contributed by atoms with Crippen molar-refractivity contribution in [2.45, 2.75) is 13.5 Å². The summed E-state index contributed by atoms with van der Waals surface area (Å²) in [6.07, 6.45) is 1.59. The Hall–Kier alpha value is -2.57. The van der Waals surface area contributed by atoms with Crippen LogP contribution in [0.4, 0.5) is 11.5 Å². The van der Waals surface area contributed by atoms with Gasteiger partial charge in [0.25, 0.3) is 5.91 Å². The van der Waals surface area contributed by atoms with Gasteiger partial charge in [0.1, 0.15) is 23.1 Å². The van der Waals surface area contributed by atoms with E-state index in [4.69, 9.17) is 27.6 Å². The van der Waals surface area contributed by atoms with Gasteiger partial charge in [0.2, 0.25) is 0 Å². The summed E-state index contributed by atoms with van der Waals surface area (Å²) in [6, 6.07) is 10.0. The van der Waals surface area contributed by atoms with E-state index in [1.807, 2.05) is 6.07 Å². The molecule has 3 rings (SSSR count). The fourth-order valence-electron chi connectivity index (χ4n) is 2.15. The van der Waals surface area contributed by atoms with Crippen LogP contribution in [0.2, 0.25) is 10.0 Å². The minimum absolute atomic E-state index is 0.213. The highest BCUT2D eigenvalue weighted by Gasteiger charge is 2.13. The quantitative estimate of drug-likeness (QED) is 0.682. The number of hydrogen-bond acceptors (Lipinski definition) is 5. The Morgan fingerprint density at radius 3 is 2.80 bits per heavy atom. The molecule has 0 aliphatic rings. The fraction of sp³-hybridized carbons (Fsp3) is 0.118. The van der Waals surface area contributed by atoms with Crippen LogP contribution >= 0.6 is 23.2 Å². The average molecular weight is 377 g/mol. The number of nitrogens with one attached hydrogen (secondary N) is 2. The van der Waals surface area contributed by atoms with E-state index in [2.05, 4.69) is 20.6 Å². The summed E-state index contributed by atoms with van der Waals surface area (Å²) in [5.41, 5.74) is 0.631. The highest BCUT2D eigenvalue weighted by atomic mass is 35.5. The largest absolute Gasteiger partial charge is 0.467 e. The van der Waals surface area contributed by atoms with Crippen LogP contribution < -0.4 is 10.6 Å². The number of aryl methyl sites for hydroxylation is 1. The summed E-state index contributed by atoms with van der Waals surface area (Å²) in [7, 11) is 0. The van der Waals surface area contributed by atoms with E-state index in [1.54, 1.807) is 43.5 Å². The van der Waals surface area contributed by atoms with Gasteiger partial charge in [-0.25, -0.2) is 9.97 Å². The number of aromatic nitrogens is 2. The molecular formula is C17H14Cl2N4O2. The number of nitrogens with zero attached hydrogens (tertiary/aromatic N) is 2. The number of furan rings is 1. The molecule has 1 aromatic carbocycles. The number of rotatable bonds is 5. The lowest BCUT2D eigenvalue weighted by Gasteiger charge is -2.10. The third-order valence-electron chi connectivity index (χ3n) is 3.27. The van der Waals surface area contributed by atoms with Crippen LogP contribution in [0.15, 0.2) is 47.1 Å². The molecule has 0 fully saturated rings. The highest BCUT2D eigenvalue weighted by Crippen LogP contribution is 2.26. The topological polar surface area (TPSA) is 80.0 Å². The molecule has 1 amide bonds. The highest BCUT2D eigenvalue weighted by molar-refractivity contribution is 6.35. The van der Waals surface area contributed by atoms with E-state index in [9.17, 15) is 4.79 Å². The molecule has 6 nitrogen and oxygen atoms in total. The van der Waals surface area contributed by atoms with E-state index >= 15 is 0 Å². The number of carbonyl (C=O) groups is 1. The lowest BCUT2D eigenvalue weighted by molar-refractivity contribution is 0.102. The van der Waals surface area contributed by atoms with Crippen LogP contribution in [0.3, 0.4) is 0 Å². The van der Waals surface area contributed by atoms with Gasteiger partial charge in [-0.3, -0.25) is 4.79 Å². The van der Waals surface area contributed by atoms with Crippen molar-refractivity contribution < 1.29 is 9.21 Å². The lowest BCUT2D eigenvalue weighted by atomic mass is 10.3. The summed E-state index contributed by atoms with van der Waals surface area (Å²) >= 11 is 12.0. The van der Waals surface area contributed by atoms with E-state index < -0.39 is 5.91 Å². The van der Waals surface area contributed by atoms with Gasteiger partial charge in [-0.05, 0) is 37.3 Å². The number of halogens is 2. The zero-order valence-electron chi connectivity index (χ0n) is 13.2. The minimum atomic E-state index is -0.407. The van der Waals surface area contributed by atoms with Crippen LogP contribution in [0, 0.1) is 6.92 Å². The number of hydrogen-bond donors (Lipinski definition) is 2. The van der Waals surface area contributed by atoms with Crippen LogP contribution in [0.5, 0.6) is 0 Å². The van der Waals surface area contributed by atoms with Crippen LogP contribution in [0.25, 0.3) is 0 Å². The zero-order valence-corrected chi connectivity index (χ0v) is 14.7. The molecule has 0 unspecified atom stereocenters. The average Bonchev–Trinajstić information content (AvgIpc) is 3.09. The van der Waals surface area contributed by atoms with Crippen molar-refractivity contribution in [3.05, 3.63) is 70.0 Å². The number of amides is 1. The summed E-state index contributed by atoms with van der Waals surface area (Å²) < 4.78 is 5.25. The first kappa shape index (κ1) is 17.3. The first-order chi connectivity index (χ1) is 12.0. The van der Waals surface area contributed by atoms with Gasteiger partial charge in [-0.15, -0.1) is 0 Å². The predicted molar refractivity (Wildman–Crippen MR) is 97.2 cm³/mol. The van der Waals surface area contributed by atoms with Crippen LogP contribution in [-0.4, -0.2) is 15.9 Å². The maximum atomic E-state index is 12.5. The number of carbonyl (C=O) groups excluding carboxylic acids is 1. The van der Waals surface area contributed by atoms with Crippen molar-refractivity contribution in [1.29, 1.82) is 0 Å². The van der Waals surface area contributed by atoms with E-state index in [1.165, 1.54) is 0 Å². The maximum absolute atomic E-state index is 12.5. The standard InChI is InChI=1S/C17H14Cl2N4O2/c1-10-21-15(8-16(22-10)20-9-12-3-2-6-25-12)17(24)23-14-7-11(18)4-5-13(14)19/h2-8H,9H2,1H3,(H,23,24)(H,20,21,22). The second-order valence-electron chi connectivity index (χ2n) is 5.20. The molecule has 25 heavy (non-hydrogen) atoms. The summed E-state index contributed by atoms with van der Waals surface area (Å²) in [6.45, 7) is 2.16. The molecule has 3 aromatic rings. The van der Waals surface area contributed by atoms with Crippen LogP contribution in [0.1, 0.15) is 22.1 Å². The second-order valence-corrected chi connectivity index (χ2v) is 6.04. The molecule has 0 aliphatic carbocycles. The van der Waals surface area contributed by atoms with Crippen LogP contribution in [-0.2, 0) is 6.54 Å². The van der Waals surface area contributed by atoms with Gasteiger partial charge in [0, 0.05) is 11.1 Å². The normalized spacial score (nSPS) is 10.5. The molecule has 0 saturated carbocycles. The van der Waals surface area contributed by atoms with Gasteiger partial charge in [0.15, 0.2) is 0 Å². The Labute approximate surface area is 154 Å². The summed E-state index contributed by atoms with van der Waals surface area (Å²) in [4.78, 5) is 20.9. The second kappa shape index (κ2) is 7.55. The van der Waals surface area contributed by atoms with E-state index in [-0.39, 0.29) is 5.69 Å². The van der Waals surface area contributed by atoms with Gasteiger partial charge in [-0.1, -0.05) is 23.2 Å². The summed E-state index contributed by atoms with van der Waals surface area (Å²) in [5.74, 6) is 1.33. The minimum Gasteiger partial charge on any atom is -0.467 e. The molecule has 128 valence electrons. The molecule has 0 bridgehead atoms. The van der Waals surface area contributed by atoms with Crippen molar-refractivity contribution in [2.75, 3.05) is 10.6 Å². The lowest BCUT2D eigenvalue weighted by Crippen LogP contribution is -2.16. The molecule has 0 saturated heterocycles. The molecule has 8 heteroatoms. The van der Waals surface area contributed by atoms with Gasteiger partial charge < -0.3 is 15.1 Å². The van der Waals surface area contributed by atoms with Crippen molar-refractivity contribution in [1.82, 2.24) is 9.97 Å². The molecule has 0 atom stereocenters. The van der Waals surface area contributed by atoms with Gasteiger partial charge in [-0.2, -0.15) is 0 Å². The number of anilines is 2. The molecule has 0 radical (unpaired) electrons. The van der Waals surface area contributed by atoms with Crippen molar-refractivity contribution in [3.8, 4) is 0 Å². The van der Waals surface area contributed by atoms with Crippen molar-refractivity contribution in [3.63, 3.8) is 0 Å². The van der Waals surface area contributed by atoms with E-state index in [0.717, 1.165) is 5.76 Å². The Balaban J connectivity index is 1.76.